The SMILES string of the molecule is CCOC(=O)c1cnc2c(ccc3ccccc32)c1N(CCO)Cc1ccccc1. The van der Waals surface area contributed by atoms with Gasteiger partial charge in [-0.25, -0.2) is 4.79 Å². The zero-order valence-corrected chi connectivity index (χ0v) is 16.9. The highest BCUT2D eigenvalue weighted by Gasteiger charge is 2.22. The molecule has 1 N–H and O–H groups in total. The Balaban J connectivity index is 1.95. The lowest BCUT2D eigenvalue weighted by atomic mass is 10.0. The number of rotatable bonds is 7. The first kappa shape index (κ1) is 19.9. The van der Waals surface area contributed by atoms with Crippen molar-refractivity contribution < 1.29 is 14.6 Å². The number of carbonyl (C=O) groups excluding carboxylic acids is 1. The Kier molecular flexibility index (Phi) is 5.91. The van der Waals surface area contributed by atoms with Gasteiger partial charge < -0.3 is 14.7 Å². The van der Waals surface area contributed by atoms with E-state index >= 15 is 0 Å². The molecule has 4 rings (SSSR count). The average Bonchev–Trinajstić information content (AvgIpc) is 2.78. The molecule has 5 nitrogen and oxygen atoms in total. The van der Waals surface area contributed by atoms with Gasteiger partial charge in [0.05, 0.1) is 24.4 Å². The number of anilines is 1. The second-order valence-corrected chi connectivity index (χ2v) is 7.05. The van der Waals surface area contributed by atoms with Gasteiger partial charge in [-0.2, -0.15) is 0 Å². The van der Waals surface area contributed by atoms with Crippen LogP contribution in [0.25, 0.3) is 21.7 Å². The van der Waals surface area contributed by atoms with Gasteiger partial charge in [-0.15, -0.1) is 0 Å². The first-order valence-electron chi connectivity index (χ1n) is 10.1. The summed E-state index contributed by atoms with van der Waals surface area (Å²) in [5, 5.41) is 12.8. The van der Waals surface area contributed by atoms with Crippen molar-refractivity contribution in [3.8, 4) is 0 Å². The number of aromatic nitrogens is 1. The highest BCUT2D eigenvalue weighted by molar-refractivity contribution is 6.13. The minimum Gasteiger partial charge on any atom is -0.462 e. The van der Waals surface area contributed by atoms with Crippen molar-refractivity contribution in [1.29, 1.82) is 0 Å². The fraction of sp³-hybridized carbons (Fsp3) is 0.200. The van der Waals surface area contributed by atoms with Crippen LogP contribution in [0.1, 0.15) is 22.8 Å². The molecular weight excluding hydrogens is 376 g/mol. The molecule has 0 bridgehead atoms. The molecule has 0 fully saturated rings. The molecule has 0 unspecified atom stereocenters. The minimum atomic E-state index is -0.411. The number of benzene rings is 3. The number of aliphatic hydroxyl groups is 1. The molecule has 0 saturated heterocycles. The quantitative estimate of drug-likeness (QED) is 0.364. The van der Waals surface area contributed by atoms with E-state index in [1.807, 2.05) is 71.6 Å². The van der Waals surface area contributed by atoms with Crippen molar-refractivity contribution in [2.24, 2.45) is 0 Å². The zero-order valence-electron chi connectivity index (χ0n) is 16.9. The number of ether oxygens (including phenoxy) is 1. The molecule has 152 valence electrons. The summed E-state index contributed by atoms with van der Waals surface area (Å²) in [5.41, 5.74) is 3.06. The van der Waals surface area contributed by atoms with Crippen LogP contribution in [0.5, 0.6) is 0 Å². The molecule has 5 heteroatoms. The van der Waals surface area contributed by atoms with Crippen LogP contribution < -0.4 is 4.90 Å². The van der Waals surface area contributed by atoms with Crippen LogP contribution in [-0.4, -0.2) is 35.8 Å². The first-order chi connectivity index (χ1) is 14.7. The fourth-order valence-corrected chi connectivity index (χ4v) is 3.81. The Labute approximate surface area is 175 Å². The summed E-state index contributed by atoms with van der Waals surface area (Å²) in [6.45, 7) is 2.97. The van der Waals surface area contributed by atoms with Gasteiger partial charge in [-0.3, -0.25) is 4.98 Å². The Morgan fingerprint density at radius 1 is 1.00 bits per heavy atom. The molecule has 1 heterocycles. The molecule has 0 amide bonds. The van der Waals surface area contributed by atoms with Crippen molar-refractivity contribution in [3.63, 3.8) is 0 Å². The number of fused-ring (bicyclic) bond motifs is 3. The van der Waals surface area contributed by atoms with Crippen molar-refractivity contribution >= 4 is 33.3 Å². The molecule has 0 radical (unpaired) electrons. The number of carbonyl (C=O) groups is 1. The smallest absolute Gasteiger partial charge is 0.341 e. The molecule has 0 spiro atoms. The third kappa shape index (κ3) is 3.84. The zero-order chi connectivity index (χ0) is 20.9. The van der Waals surface area contributed by atoms with E-state index in [4.69, 9.17) is 4.74 Å². The lowest BCUT2D eigenvalue weighted by Gasteiger charge is -2.27. The number of aliphatic hydroxyl groups excluding tert-OH is 1. The number of hydrogen-bond donors (Lipinski definition) is 1. The molecule has 3 aromatic carbocycles. The molecular formula is C25H24N2O3. The van der Waals surface area contributed by atoms with E-state index in [-0.39, 0.29) is 13.2 Å². The number of nitrogens with zero attached hydrogens (tertiary/aromatic N) is 2. The molecule has 0 saturated carbocycles. The van der Waals surface area contributed by atoms with Crippen molar-refractivity contribution in [2.45, 2.75) is 13.5 Å². The third-order valence-corrected chi connectivity index (χ3v) is 5.13. The summed E-state index contributed by atoms with van der Waals surface area (Å²) in [5.74, 6) is -0.411. The molecule has 0 aliphatic carbocycles. The first-order valence-corrected chi connectivity index (χ1v) is 10.1. The van der Waals surface area contributed by atoms with E-state index in [0.29, 0.717) is 18.7 Å². The van der Waals surface area contributed by atoms with E-state index in [0.717, 1.165) is 32.9 Å². The monoisotopic (exact) mass is 400 g/mol. The van der Waals surface area contributed by atoms with Gasteiger partial charge in [0.25, 0.3) is 0 Å². The summed E-state index contributed by atoms with van der Waals surface area (Å²) in [6.07, 6.45) is 1.59. The van der Waals surface area contributed by atoms with Gasteiger partial charge in [-0.1, -0.05) is 66.7 Å². The minimum absolute atomic E-state index is 0.0352. The predicted molar refractivity (Wildman–Crippen MR) is 120 cm³/mol. The third-order valence-electron chi connectivity index (χ3n) is 5.13. The van der Waals surface area contributed by atoms with Gasteiger partial charge in [0.1, 0.15) is 5.56 Å². The van der Waals surface area contributed by atoms with Gasteiger partial charge >= 0.3 is 5.97 Å². The lowest BCUT2D eigenvalue weighted by molar-refractivity contribution is 0.0526. The second-order valence-electron chi connectivity index (χ2n) is 7.05. The molecule has 30 heavy (non-hydrogen) atoms. The van der Waals surface area contributed by atoms with E-state index in [2.05, 4.69) is 4.98 Å². The van der Waals surface area contributed by atoms with Crippen LogP contribution in [0, 0.1) is 0 Å². The normalized spacial score (nSPS) is 11.0. The fourth-order valence-electron chi connectivity index (χ4n) is 3.81. The highest BCUT2D eigenvalue weighted by atomic mass is 16.5. The lowest BCUT2D eigenvalue weighted by Crippen LogP contribution is -2.28. The molecule has 1 aromatic heterocycles. The van der Waals surface area contributed by atoms with Crippen LogP contribution in [0.3, 0.4) is 0 Å². The van der Waals surface area contributed by atoms with Crippen LogP contribution >= 0.6 is 0 Å². The van der Waals surface area contributed by atoms with E-state index in [1.54, 1.807) is 13.1 Å². The topological polar surface area (TPSA) is 62.7 Å². The van der Waals surface area contributed by atoms with Gasteiger partial charge in [0.15, 0.2) is 0 Å². The Bertz CT molecular complexity index is 1180. The highest BCUT2D eigenvalue weighted by Crippen LogP contribution is 2.35. The summed E-state index contributed by atoms with van der Waals surface area (Å²) < 4.78 is 5.32. The maximum atomic E-state index is 12.8. The molecule has 4 aromatic rings. The summed E-state index contributed by atoms with van der Waals surface area (Å²) in [6, 6.07) is 22.1. The number of hydrogen-bond acceptors (Lipinski definition) is 5. The van der Waals surface area contributed by atoms with Gasteiger partial charge in [0.2, 0.25) is 0 Å². The Hall–Kier alpha value is -3.44. The molecule has 0 aliphatic rings. The largest absolute Gasteiger partial charge is 0.462 e. The summed E-state index contributed by atoms with van der Waals surface area (Å²) >= 11 is 0. The summed E-state index contributed by atoms with van der Waals surface area (Å²) in [4.78, 5) is 19.4. The van der Waals surface area contributed by atoms with Gasteiger partial charge in [-0.05, 0) is 17.9 Å². The molecule has 0 aliphatic heterocycles. The Morgan fingerprint density at radius 2 is 1.77 bits per heavy atom. The maximum Gasteiger partial charge on any atom is 0.341 e. The van der Waals surface area contributed by atoms with Crippen molar-refractivity contribution in [1.82, 2.24) is 4.98 Å². The standard InChI is InChI=1S/C25H24N2O3/c1-2-30-25(29)22-16-26-23-20-11-7-6-10-19(20)12-13-21(23)24(22)27(14-15-28)17-18-8-4-3-5-9-18/h3-13,16,28H,2,14-15,17H2,1H3. The predicted octanol–water partition coefficient (Wildman–Crippen LogP) is 4.56. The van der Waals surface area contributed by atoms with Crippen LogP contribution in [0.4, 0.5) is 5.69 Å². The van der Waals surface area contributed by atoms with Crippen molar-refractivity contribution in [2.75, 3.05) is 24.7 Å². The Morgan fingerprint density at radius 3 is 2.53 bits per heavy atom. The van der Waals surface area contributed by atoms with Crippen LogP contribution in [0.2, 0.25) is 0 Å². The van der Waals surface area contributed by atoms with Gasteiger partial charge in [0, 0.05) is 30.1 Å². The van der Waals surface area contributed by atoms with E-state index in [9.17, 15) is 9.90 Å². The number of pyridine rings is 1. The van der Waals surface area contributed by atoms with Crippen molar-refractivity contribution in [3.05, 3.63) is 84.1 Å². The maximum absolute atomic E-state index is 12.8. The number of esters is 1. The average molecular weight is 400 g/mol. The van der Waals surface area contributed by atoms with E-state index in [1.165, 1.54) is 0 Å². The van der Waals surface area contributed by atoms with Crippen LogP contribution in [-0.2, 0) is 11.3 Å². The van der Waals surface area contributed by atoms with Crippen LogP contribution in [0.15, 0.2) is 72.9 Å². The molecule has 0 atom stereocenters. The van der Waals surface area contributed by atoms with E-state index < -0.39 is 5.97 Å². The summed E-state index contributed by atoms with van der Waals surface area (Å²) in [7, 11) is 0. The second kappa shape index (κ2) is 8.93.